The summed E-state index contributed by atoms with van der Waals surface area (Å²) in [5, 5.41) is 3.00. The lowest BCUT2D eigenvalue weighted by Crippen LogP contribution is -2.53. The zero-order valence-corrected chi connectivity index (χ0v) is 26.0. The SMILES string of the molecule is CCOC(=O)C1=C(CN2CCN(S(=O)(=O)c3ccc(C)cc3)CC2)N(CC)C(=O)N[C@@H]1c1cccc(Oc2ccccc2)c1. The minimum Gasteiger partial charge on any atom is -0.463 e. The van der Waals surface area contributed by atoms with E-state index >= 15 is 0 Å². The third-order valence-electron chi connectivity index (χ3n) is 7.78. The molecule has 0 saturated carbocycles. The van der Waals surface area contributed by atoms with Crippen LogP contribution in [0.3, 0.4) is 0 Å². The smallest absolute Gasteiger partial charge is 0.338 e. The van der Waals surface area contributed by atoms with E-state index in [9.17, 15) is 18.0 Å². The lowest BCUT2D eigenvalue weighted by molar-refractivity contribution is -0.139. The fraction of sp³-hybridized carbons (Fsp3) is 0.333. The number of para-hydroxylation sites is 1. The average molecular weight is 619 g/mol. The highest BCUT2D eigenvalue weighted by Gasteiger charge is 2.39. The minimum absolute atomic E-state index is 0.176. The molecule has 0 radical (unpaired) electrons. The summed E-state index contributed by atoms with van der Waals surface area (Å²) >= 11 is 0. The number of piperazine rings is 1. The maximum Gasteiger partial charge on any atom is 0.338 e. The Kier molecular flexibility index (Phi) is 9.68. The molecule has 0 spiro atoms. The third kappa shape index (κ3) is 6.80. The van der Waals surface area contributed by atoms with Crippen LogP contribution < -0.4 is 10.1 Å². The zero-order valence-electron chi connectivity index (χ0n) is 25.2. The van der Waals surface area contributed by atoms with Crippen molar-refractivity contribution in [1.29, 1.82) is 0 Å². The van der Waals surface area contributed by atoms with Crippen LogP contribution in [0.4, 0.5) is 4.79 Å². The highest BCUT2D eigenvalue weighted by Crippen LogP contribution is 2.34. The number of sulfonamides is 1. The quantitative estimate of drug-likeness (QED) is 0.328. The van der Waals surface area contributed by atoms with E-state index < -0.39 is 22.0 Å². The van der Waals surface area contributed by atoms with E-state index in [1.165, 1.54) is 4.31 Å². The van der Waals surface area contributed by atoms with E-state index in [0.29, 0.717) is 61.1 Å². The van der Waals surface area contributed by atoms with Gasteiger partial charge < -0.3 is 14.8 Å². The molecule has 1 fully saturated rings. The van der Waals surface area contributed by atoms with Crippen LogP contribution in [0, 0.1) is 6.92 Å². The fourth-order valence-corrected chi connectivity index (χ4v) is 6.91. The maximum absolute atomic E-state index is 13.5. The van der Waals surface area contributed by atoms with Crippen molar-refractivity contribution in [3.05, 3.63) is 101 Å². The number of nitrogens with zero attached hydrogens (tertiary/aromatic N) is 3. The number of carbonyl (C=O) groups excluding carboxylic acids is 2. The van der Waals surface area contributed by atoms with Crippen LogP contribution >= 0.6 is 0 Å². The number of ether oxygens (including phenoxy) is 2. The summed E-state index contributed by atoms with van der Waals surface area (Å²) < 4.78 is 39.5. The molecule has 1 atom stereocenters. The Balaban J connectivity index is 1.42. The van der Waals surface area contributed by atoms with Crippen molar-refractivity contribution in [2.24, 2.45) is 0 Å². The molecule has 3 aromatic carbocycles. The van der Waals surface area contributed by atoms with Gasteiger partial charge in [-0.25, -0.2) is 18.0 Å². The molecule has 0 aliphatic carbocycles. The molecule has 1 N–H and O–H groups in total. The summed E-state index contributed by atoms with van der Waals surface area (Å²) in [5.41, 5.74) is 2.56. The summed E-state index contributed by atoms with van der Waals surface area (Å²) in [5.74, 6) is 0.720. The lowest BCUT2D eigenvalue weighted by Gasteiger charge is -2.40. The first-order chi connectivity index (χ1) is 21.2. The zero-order chi connectivity index (χ0) is 31.3. The van der Waals surface area contributed by atoms with E-state index in [4.69, 9.17) is 9.47 Å². The molecular formula is C33H38N4O6S. The Bertz CT molecular complexity index is 1620. The van der Waals surface area contributed by atoms with Crippen molar-refractivity contribution < 1.29 is 27.5 Å². The van der Waals surface area contributed by atoms with Crippen LogP contribution in [0.25, 0.3) is 0 Å². The van der Waals surface area contributed by atoms with Crippen LogP contribution in [0.2, 0.25) is 0 Å². The number of carbonyl (C=O) groups is 2. The molecule has 0 aromatic heterocycles. The summed E-state index contributed by atoms with van der Waals surface area (Å²) in [6, 6.07) is 22.4. The Morgan fingerprint density at radius 3 is 2.25 bits per heavy atom. The molecule has 0 bridgehead atoms. The first-order valence-corrected chi connectivity index (χ1v) is 16.3. The van der Waals surface area contributed by atoms with Gasteiger partial charge in [0.1, 0.15) is 11.5 Å². The van der Waals surface area contributed by atoms with Gasteiger partial charge in [-0.1, -0.05) is 48.0 Å². The van der Waals surface area contributed by atoms with Crippen LogP contribution in [-0.2, 0) is 19.6 Å². The van der Waals surface area contributed by atoms with Crippen LogP contribution in [0.1, 0.15) is 31.0 Å². The Hall–Kier alpha value is -4.19. The van der Waals surface area contributed by atoms with E-state index in [-0.39, 0.29) is 24.1 Å². The minimum atomic E-state index is -3.63. The molecule has 2 aliphatic rings. The predicted molar refractivity (Wildman–Crippen MR) is 167 cm³/mol. The number of urea groups is 1. The molecule has 44 heavy (non-hydrogen) atoms. The van der Waals surface area contributed by atoms with Crippen LogP contribution in [-0.4, -0.2) is 80.4 Å². The van der Waals surface area contributed by atoms with E-state index in [2.05, 4.69) is 10.2 Å². The molecule has 3 aromatic rings. The number of esters is 1. The van der Waals surface area contributed by atoms with Gasteiger partial charge in [0.05, 0.1) is 23.1 Å². The largest absolute Gasteiger partial charge is 0.463 e. The fourth-order valence-electron chi connectivity index (χ4n) is 5.49. The Labute approximate surface area is 258 Å². The Morgan fingerprint density at radius 2 is 1.59 bits per heavy atom. The van der Waals surface area contributed by atoms with E-state index in [1.807, 2.05) is 68.4 Å². The predicted octanol–water partition coefficient (Wildman–Crippen LogP) is 4.70. The van der Waals surface area contributed by atoms with Crippen molar-refractivity contribution in [1.82, 2.24) is 19.4 Å². The number of aryl methyl sites for hydroxylation is 1. The first kappa shape index (κ1) is 31.2. The van der Waals surface area contributed by atoms with E-state index in [0.717, 1.165) is 5.56 Å². The highest BCUT2D eigenvalue weighted by molar-refractivity contribution is 7.89. The topological polar surface area (TPSA) is 108 Å². The average Bonchev–Trinajstić information content (AvgIpc) is 3.02. The highest BCUT2D eigenvalue weighted by atomic mass is 32.2. The molecule has 2 aliphatic heterocycles. The number of rotatable bonds is 10. The Morgan fingerprint density at radius 1 is 0.909 bits per heavy atom. The van der Waals surface area contributed by atoms with Gasteiger partial charge in [0.25, 0.3) is 0 Å². The maximum atomic E-state index is 13.5. The van der Waals surface area contributed by atoms with E-state index in [1.54, 1.807) is 36.1 Å². The molecule has 5 rings (SSSR count). The molecular weight excluding hydrogens is 580 g/mol. The molecule has 1 saturated heterocycles. The van der Waals surface area contributed by atoms with Crippen molar-refractivity contribution in [3.8, 4) is 11.5 Å². The lowest BCUT2D eigenvalue weighted by atomic mass is 9.94. The van der Waals surface area contributed by atoms with Gasteiger partial charge in [0, 0.05) is 45.0 Å². The second kappa shape index (κ2) is 13.6. The second-order valence-electron chi connectivity index (χ2n) is 10.7. The number of benzene rings is 3. The van der Waals surface area contributed by atoms with Crippen molar-refractivity contribution in [2.75, 3.05) is 45.9 Å². The molecule has 2 amide bonds. The molecule has 0 unspecified atom stereocenters. The summed E-state index contributed by atoms with van der Waals surface area (Å²) in [6.45, 7) is 7.77. The molecule has 11 heteroatoms. The van der Waals surface area contributed by atoms with Gasteiger partial charge >= 0.3 is 12.0 Å². The van der Waals surface area contributed by atoms with Gasteiger partial charge in [-0.05, 0) is 62.7 Å². The monoisotopic (exact) mass is 618 g/mol. The van der Waals surface area contributed by atoms with Crippen molar-refractivity contribution in [3.63, 3.8) is 0 Å². The number of hydrogen-bond donors (Lipinski definition) is 1. The second-order valence-corrected chi connectivity index (χ2v) is 12.6. The van der Waals surface area contributed by atoms with Gasteiger partial charge in [-0.2, -0.15) is 4.31 Å². The van der Waals surface area contributed by atoms with Gasteiger partial charge in [0.15, 0.2) is 0 Å². The van der Waals surface area contributed by atoms with Crippen LogP contribution in [0.5, 0.6) is 11.5 Å². The van der Waals surface area contributed by atoms with Gasteiger partial charge in [0.2, 0.25) is 10.0 Å². The number of nitrogens with one attached hydrogen (secondary N) is 1. The first-order valence-electron chi connectivity index (χ1n) is 14.8. The normalized spacial score (nSPS) is 18.2. The third-order valence-corrected chi connectivity index (χ3v) is 9.70. The number of amides is 2. The van der Waals surface area contributed by atoms with Gasteiger partial charge in [-0.3, -0.25) is 9.80 Å². The number of likely N-dealkylation sites (N-methyl/N-ethyl adjacent to an activating group) is 1. The van der Waals surface area contributed by atoms with Crippen LogP contribution in [0.15, 0.2) is 95.0 Å². The summed E-state index contributed by atoms with van der Waals surface area (Å²) in [4.78, 5) is 30.9. The van der Waals surface area contributed by atoms with Crippen molar-refractivity contribution in [2.45, 2.75) is 31.7 Å². The molecule has 10 nitrogen and oxygen atoms in total. The summed E-state index contributed by atoms with van der Waals surface area (Å²) in [6.07, 6.45) is 0. The van der Waals surface area contributed by atoms with Crippen molar-refractivity contribution >= 4 is 22.0 Å². The molecule has 232 valence electrons. The standard InChI is InChI=1S/C33H38N4O6S/c1-4-37-29(23-35-18-20-36(21-19-35)44(40,41)28-16-14-24(3)15-17-28)30(32(38)42-5-2)31(34-33(37)39)25-10-9-13-27(22-25)43-26-11-7-6-8-12-26/h6-17,22,31H,4-5,18-21,23H2,1-3H3,(H,34,39)/t31-/m1/s1. The molecule has 2 heterocycles. The number of hydrogen-bond acceptors (Lipinski definition) is 7. The summed E-state index contributed by atoms with van der Waals surface area (Å²) in [7, 11) is -3.63. The van der Waals surface area contributed by atoms with Gasteiger partial charge in [-0.15, -0.1) is 0 Å².